The molecule has 1 amide bonds. The van der Waals surface area contributed by atoms with E-state index in [1.54, 1.807) is 12.4 Å². The Morgan fingerprint density at radius 2 is 2.23 bits per heavy atom. The Morgan fingerprint density at radius 3 is 2.86 bits per heavy atom. The van der Waals surface area contributed by atoms with E-state index in [0.717, 1.165) is 0 Å². The van der Waals surface area contributed by atoms with E-state index in [4.69, 9.17) is 0 Å². The highest BCUT2D eigenvalue weighted by Crippen LogP contribution is 2.24. The van der Waals surface area contributed by atoms with E-state index < -0.39 is 0 Å². The number of thioether (sulfide) groups is 1. The van der Waals surface area contributed by atoms with Crippen molar-refractivity contribution in [2.75, 3.05) is 5.32 Å². The first-order chi connectivity index (χ1) is 10.6. The molecular weight excluding hydrogens is 303 g/mol. The van der Waals surface area contributed by atoms with Crippen LogP contribution in [-0.2, 0) is 11.3 Å². The van der Waals surface area contributed by atoms with Gasteiger partial charge in [0.25, 0.3) is 0 Å². The van der Waals surface area contributed by atoms with Gasteiger partial charge in [0.15, 0.2) is 5.16 Å². The first-order valence-electron chi connectivity index (χ1n) is 6.85. The molecule has 1 aromatic heterocycles. The lowest BCUT2D eigenvalue weighted by Gasteiger charge is -2.14. The van der Waals surface area contributed by atoms with Gasteiger partial charge in [0.1, 0.15) is 12.1 Å². The third kappa shape index (κ3) is 4.17. The van der Waals surface area contributed by atoms with Gasteiger partial charge in [-0.25, -0.2) is 4.39 Å². The van der Waals surface area contributed by atoms with Crippen molar-refractivity contribution in [1.29, 1.82) is 0 Å². The smallest absolute Gasteiger partial charge is 0.237 e. The van der Waals surface area contributed by atoms with Gasteiger partial charge in [0, 0.05) is 12.2 Å². The minimum absolute atomic E-state index is 0.146. The second kappa shape index (κ2) is 7.74. The summed E-state index contributed by atoms with van der Waals surface area (Å²) in [7, 11) is 0. The molecule has 0 aliphatic carbocycles. The second-order valence-corrected chi connectivity index (χ2v) is 5.74. The van der Waals surface area contributed by atoms with Crippen LogP contribution in [0.3, 0.4) is 0 Å². The number of amides is 1. The number of aromatic nitrogens is 3. The van der Waals surface area contributed by atoms with Crippen LogP contribution in [-0.4, -0.2) is 25.9 Å². The summed E-state index contributed by atoms with van der Waals surface area (Å²) >= 11 is 1.35. The van der Waals surface area contributed by atoms with Crippen molar-refractivity contribution in [3.8, 4) is 0 Å². The van der Waals surface area contributed by atoms with Crippen LogP contribution in [0.5, 0.6) is 0 Å². The highest BCUT2D eigenvalue weighted by molar-refractivity contribution is 8.00. The van der Waals surface area contributed by atoms with Gasteiger partial charge in [-0.3, -0.25) is 4.79 Å². The molecule has 22 heavy (non-hydrogen) atoms. The summed E-state index contributed by atoms with van der Waals surface area (Å²) in [5.74, 6) is -0.482. The molecule has 0 radical (unpaired) electrons. The van der Waals surface area contributed by atoms with Crippen LogP contribution < -0.4 is 5.32 Å². The van der Waals surface area contributed by atoms with Crippen molar-refractivity contribution in [3.63, 3.8) is 0 Å². The van der Waals surface area contributed by atoms with Gasteiger partial charge in [0.2, 0.25) is 5.91 Å². The van der Waals surface area contributed by atoms with Crippen LogP contribution in [0.2, 0.25) is 0 Å². The molecule has 1 atom stereocenters. The molecule has 2 aromatic rings. The number of hydrogen-bond acceptors (Lipinski definition) is 4. The summed E-state index contributed by atoms with van der Waals surface area (Å²) in [6.45, 7) is 6.19. The minimum Gasteiger partial charge on any atom is -0.325 e. The largest absolute Gasteiger partial charge is 0.325 e. The first kappa shape index (κ1) is 16.2. The van der Waals surface area contributed by atoms with Gasteiger partial charge in [0.05, 0.1) is 5.25 Å². The second-order valence-electron chi connectivity index (χ2n) is 4.57. The van der Waals surface area contributed by atoms with Crippen molar-refractivity contribution in [3.05, 3.63) is 49.1 Å². The Bertz CT molecular complexity index is 641. The van der Waals surface area contributed by atoms with Gasteiger partial charge < -0.3 is 9.88 Å². The molecule has 0 bridgehead atoms. The average molecular weight is 320 g/mol. The molecule has 0 saturated heterocycles. The molecule has 7 heteroatoms. The topological polar surface area (TPSA) is 59.8 Å². The van der Waals surface area contributed by atoms with Crippen molar-refractivity contribution < 1.29 is 9.18 Å². The maximum absolute atomic E-state index is 12.9. The van der Waals surface area contributed by atoms with E-state index in [0.29, 0.717) is 23.8 Å². The predicted molar refractivity (Wildman–Crippen MR) is 85.2 cm³/mol. The zero-order valence-electron chi connectivity index (χ0n) is 12.2. The zero-order chi connectivity index (χ0) is 15.9. The van der Waals surface area contributed by atoms with E-state index in [1.807, 2.05) is 11.5 Å². The Labute approximate surface area is 132 Å². The molecule has 0 spiro atoms. The quantitative estimate of drug-likeness (QED) is 0.629. The number of carbonyl (C=O) groups excluding carboxylic acids is 1. The normalized spacial score (nSPS) is 11.9. The van der Waals surface area contributed by atoms with Crippen LogP contribution in [0.25, 0.3) is 0 Å². The highest BCUT2D eigenvalue weighted by atomic mass is 32.2. The summed E-state index contributed by atoms with van der Waals surface area (Å²) in [4.78, 5) is 12.3. The standard InChI is InChI=1S/C15H17FN4OS/c1-3-9-20-10-17-19-15(20)22-13(4-2)14(21)18-12-7-5-11(16)6-8-12/h3,5-8,10,13H,1,4,9H2,2H3,(H,18,21). The number of halogens is 1. The molecule has 0 saturated carbocycles. The lowest BCUT2D eigenvalue weighted by Crippen LogP contribution is -2.25. The molecule has 5 nitrogen and oxygen atoms in total. The molecule has 0 aliphatic rings. The van der Waals surface area contributed by atoms with Gasteiger partial charge in [-0.1, -0.05) is 24.8 Å². The fourth-order valence-corrected chi connectivity index (χ4v) is 2.74. The van der Waals surface area contributed by atoms with Gasteiger partial charge in [-0.2, -0.15) is 0 Å². The molecule has 0 aliphatic heterocycles. The summed E-state index contributed by atoms with van der Waals surface area (Å²) in [5.41, 5.74) is 0.568. The van der Waals surface area contributed by atoms with Crippen LogP contribution in [0.4, 0.5) is 10.1 Å². The molecule has 1 aromatic carbocycles. The number of nitrogens with zero attached hydrogens (tertiary/aromatic N) is 3. The van der Waals surface area contributed by atoms with E-state index in [1.165, 1.54) is 36.0 Å². The molecule has 2 rings (SSSR count). The average Bonchev–Trinajstić information content (AvgIpc) is 2.94. The third-order valence-electron chi connectivity index (χ3n) is 2.93. The SMILES string of the molecule is C=CCn1cnnc1SC(CC)C(=O)Nc1ccc(F)cc1. The summed E-state index contributed by atoms with van der Waals surface area (Å²) in [6.07, 6.45) is 3.99. The lowest BCUT2D eigenvalue weighted by atomic mass is 10.2. The van der Waals surface area contributed by atoms with Gasteiger partial charge >= 0.3 is 0 Å². The number of benzene rings is 1. The van der Waals surface area contributed by atoms with Gasteiger partial charge in [-0.05, 0) is 30.7 Å². The predicted octanol–water partition coefficient (Wildman–Crippen LogP) is 3.11. The Kier molecular flexibility index (Phi) is 5.71. The minimum atomic E-state index is -0.336. The van der Waals surface area contributed by atoms with Crippen LogP contribution in [0, 0.1) is 5.82 Å². The number of rotatable bonds is 7. The number of allylic oxidation sites excluding steroid dienone is 1. The lowest BCUT2D eigenvalue weighted by molar-refractivity contribution is -0.115. The highest BCUT2D eigenvalue weighted by Gasteiger charge is 2.20. The Balaban J connectivity index is 2.03. The third-order valence-corrected chi connectivity index (χ3v) is 4.29. The number of anilines is 1. The molecule has 116 valence electrons. The molecule has 1 unspecified atom stereocenters. The molecular formula is C15H17FN4OS. The van der Waals surface area contributed by atoms with E-state index in [2.05, 4.69) is 22.1 Å². The Morgan fingerprint density at radius 1 is 1.50 bits per heavy atom. The van der Waals surface area contributed by atoms with Crippen LogP contribution in [0.15, 0.2) is 48.4 Å². The summed E-state index contributed by atoms with van der Waals surface area (Å²) in [6, 6.07) is 5.69. The van der Waals surface area contributed by atoms with Gasteiger partial charge in [-0.15, -0.1) is 16.8 Å². The maximum Gasteiger partial charge on any atom is 0.237 e. The zero-order valence-corrected chi connectivity index (χ0v) is 13.0. The van der Waals surface area contributed by atoms with E-state index in [9.17, 15) is 9.18 Å². The van der Waals surface area contributed by atoms with E-state index >= 15 is 0 Å². The number of nitrogens with one attached hydrogen (secondary N) is 1. The maximum atomic E-state index is 12.9. The van der Waals surface area contributed by atoms with Crippen LogP contribution in [0.1, 0.15) is 13.3 Å². The van der Waals surface area contributed by atoms with Crippen LogP contribution >= 0.6 is 11.8 Å². The van der Waals surface area contributed by atoms with Crippen molar-refractivity contribution >= 4 is 23.4 Å². The fourth-order valence-electron chi connectivity index (χ4n) is 1.81. The summed E-state index contributed by atoms with van der Waals surface area (Å²) < 4.78 is 14.7. The first-order valence-corrected chi connectivity index (χ1v) is 7.73. The van der Waals surface area contributed by atoms with Crippen molar-refractivity contribution in [1.82, 2.24) is 14.8 Å². The molecule has 1 heterocycles. The van der Waals surface area contributed by atoms with Crippen molar-refractivity contribution in [2.45, 2.75) is 30.3 Å². The fraction of sp³-hybridized carbons (Fsp3) is 0.267. The summed E-state index contributed by atoms with van der Waals surface area (Å²) in [5, 5.41) is 11.0. The Hall–Kier alpha value is -2.15. The molecule has 0 fully saturated rings. The number of hydrogen-bond donors (Lipinski definition) is 1. The number of carbonyl (C=O) groups is 1. The monoisotopic (exact) mass is 320 g/mol. The molecule has 1 N–H and O–H groups in total. The van der Waals surface area contributed by atoms with E-state index in [-0.39, 0.29) is 17.0 Å². The van der Waals surface area contributed by atoms with Crippen molar-refractivity contribution in [2.24, 2.45) is 0 Å².